The second kappa shape index (κ2) is 4.34. The van der Waals surface area contributed by atoms with Crippen molar-refractivity contribution < 1.29 is 0 Å². The molecule has 86 valence electrons. The largest absolute Gasteiger partial charge is 0.346 e. The molecule has 0 bridgehead atoms. The number of benzene rings is 1. The Hall–Kier alpha value is -2.60. The van der Waals surface area contributed by atoms with Crippen molar-refractivity contribution in [1.82, 2.24) is 9.97 Å². The van der Waals surface area contributed by atoms with Crippen LogP contribution in [0.1, 0.15) is 5.69 Å². The van der Waals surface area contributed by atoms with Gasteiger partial charge in [0.25, 0.3) is 0 Å². The summed E-state index contributed by atoms with van der Waals surface area (Å²) in [4.78, 5) is 7.60. The molecule has 0 fully saturated rings. The van der Waals surface area contributed by atoms with Gasteiger partial charge in [-0.1, -0.05) is 30.3 Å². The zero-order valence-electron chi connectivity index (χ0n) is 9.72. The first-order chi connectivity index (χ1) is 8.88. The fourth-order valence-corrected chi connectivity index (χ4v) is 2.08. The first-order valence-electron chi connectivity index (χ1n) is 5.78. The molecule has 3 nitrogen and oxygen atoms in total. The van der Waals surface area contributed by atoms with Crippen LogP contribution < -0.4 is 0 Å². The van der Waals surface area contributed by atoms with Crippen molar-refractivity contribution in [3.63, 3.8) is 0 Å². The summed E-state index contributed by atoms with van der Waals surface area (Å²) < 4.78 is 0. The third-order valence-corrected chi connectivity index (χ3v) is 2.94. The molecular formula is C15H11N3. The second-order valence-electron chi connectivity index (χ2n) is 4.10. The predicted octanol–water partition coefficient (Wildman–Crippen LogP) is 3.30. The van der Waals surface area contributed by atoms with Crippen molar-refractivity contribution in [2.24, 2.45) is 0 Å². The SMILES string of the molecule is N#CCc1ccc2c(-c3ccccc3)c[nH]c2n1. The van der Waals surface area contributed by atoms with Gasteiger partial charge < -0.3 is 4.98 Å². The van der Waals surface area contributed by atoms with E-state index in [0.717, 1.165) is 22.3 Å². The average Bonchev–Trinajstić information content (AvgIpc) is 2.83. The van der Waals surface area contributed by atoms with Crippen LogP contribution in [0.4, 0.5) is 0 Å². The number of pyridine rings is 1. The molecule has 3 rings (SSSR count). The van der Waals surface area contributed by atoms with Crippen molar-refractivity contribution in [3.05, 3.63) is 54.4 Å². The number of aromatic amines is 1. The summed E-state index contributed by atoms with van der Waals surface area (Å²) in [7, 11) is 0. The number of nitrogens with zero attached hydrogens (tertiary/aromatic N) is 2. The number of fused-ring (bicyclic) bond motifs is 1. The molecule has 1 aromatic carbocycles. The predicted molar refractivity (Wildman–Crippen MR) is 70.8 cm³/mol. The zero-order valence-corrected chi connectivity index (χ0v) is 9.72. The van der Waals surface area contributed by atoms with E-state index in [1.54, 1.807) is 0 Å². The maximum absolute atomic E-state index is 8.67. The van der Waals surface area contributed by atoms with Crippen molar-refractivity contribution in [2.75, 3.05) is 0 Å². The summed E-state index contributed by atoms with van der Waals surface area (Å²) in [6.07, 6.45) is 2.30. The van der Waals surface area contributed by atoms with Crippen LogP contribution >= 0.6 is 0 Å². The molecule has 2 heterocycles. The summed E-state index contributed by atoms with van der Waals surface area (Å²) in [5, 5.41) is 9.76. The van der Waals surface area contributed by atoms with Gasteiger partial charge in [0.1, 0.15) is 5.65 Å². The lowest BCUT2D eigenvalue weighted by molar-refractivity contribution is 1.13. The number of hydrogen-bond donors (Lipinski definition) is 1. The van der Waals surface area contributed by atoms with E-state index < -0.39 is 0 Å². The molecule has 0 aliphatic carbocycles. The van der Waals surface area contributed by atoms with Gasteiger partial charge in [-0.25, -0.2) is 4.98 Å². The minimum absolute atomic E-state index is 0.343. The van der Waals surface area contributed by atoms with E-state index in [9.17, 15) is 0 Å². The number of aromatic nitrogens is 2. The van der Waals surface area contributed by atoms with Crippen LogP contribution in [0.5, 0.6) is 0 Å². The Morgan fingerprint density at radius 3 is 2.72 bits per heavy atom. The maximum atomic E-state index is 8.67. The number of nitrogens with one attached hydrogen (secondary N) is 1. The van der Waals surface area contributed by atoms with Crippen molar-refractivity contribution in [2.45, 2.75) is 6.42 Å². The van der Waals surface area contributed by atoms with Crippen LogP contribution in [-0.4, -0.2) is 9.97 Å². The van der Waals surface area contributed by atoms with Gasteiger partial charge in [0, 0.05) is 17.1 Å². The molecule has 0 saturated heterocycles. The molecule has 0 saturated carbocycles. The Balaban J connectivity index is 2.14. The lowest BCUT2D eigenvalue weighted by Gasteiger charge is -1.99. The molecule has 1 N–H and O–H groups in total. The van der Waals surface area contributed by atoms with E-state index in [1.807, 2.05) is 36.5 Å². The van der Waals surface area contributed by atoms with Crippen molar-refractivity contribution in [3.8, 4) is 17.2 Å². The van der Waals surface area contributed by atoms with Gasteiger partial charge in [-0.15, -0.1) is 0 Å². The van der Waals surface area contributed by atoms with Crippen LogP contribution in [-0.2, 0) is 6.42 Å². The van der Waals surface area contributed by atoms with E-state index in [4.69, 9.17) is 5.26 Å². The Bertz CT molecular complexity index is 720. The molecule has 2 aromatic heterocycles. The molecule has 0 amide bonds. The Morgan fingerprint density at radius 1 is 1.11 bits per heavy atom. The minimum Gasteiger partial charge on any atom is -0.346 e. The number of rotatable bonds is 2. The Kier molecular flexibility index (Phi) is 2.54. The molecule has 0 unspecified atom stereocenters. The molecule has 0 aliphatic heterocycles. The lowest BCUT2D eigenvalue weighted by Crippen LogP contribution is -1.87. The summed E-state index contributed by atoms with van der Waals surface area (Å²) in [6, 6.07) is 16.2. The molecule has 0 radical (unpaired) electrons. The average molecular weight is 233 g/mol. The molecular weight excluding hydrogens is 222 g/mol. The van der Waals surface area contributed by atoms with Crippen molar-refractivity contribution >= 4 is 11.0 Å². The second-order valence-corrected chi connectivity index (χ2v) is 4.10. The van der Waals surface area contributed by atoms with Gasteiger partial charge in [-0.2, -0.15) is 5.26 Å². The molecule has 0 spiro atoms. The topological polar surface area (TPSA) is 52.5 Å². The number of H-pyrrole nitrogens is 1. The molecule has 0 atom stereocenters. The van der Waals surface area contributed by atoms with Gasteiger partial charge in [0.2, 0.25) is 0 Å². The summed E-state index contributed by atoms with van der Waals surface area (Å²) in [6.45, 7) is 0. The van der Waals surface area contributed by atoms with Gasteiger partial charge in [-0.05, 0) is 17.7 Å². The quantitative estimate of drug-likeness (QED) is 0.738. The smallest absolute Gasteiger partial charge is 0.138 e. The molecule has 18 heavy (non-hydrogen) atoms. The number of hydrogen-bond acceptors (Lipinski definition) is 2. The van der Waals surface area contributed by atoms with E-state index in [1.165, 1.54) is 5.56 Å². The highest BCUT2D eigenvalue weighted by atomic mass is 14.9. The van der Waals surface area contributed by atoms with Crippen LogP contribution in [0, 0.1) is 11.3 Å². The standard InChI is InChI=1S/C15H11N3/c16-9-8-12-6-7-13-14(10-17-15(13)18-12)11-4-2-1-3-5-11/h1-7,10H,8H2,(H,17,18). The van der Waals surface area contributed by atoms with E-state index in [0.29, 0.717) is 6.42 Å². The first kappa shape index (κ1) is 10.5. The first-order valence-corrected chi connectivity index (χ1v) is 5.78. The summed E-state index contributed by atoms with van der Waals surface area (Å²) in [5.41, 5.74) is 3.94. The van der Waals surface area contributed by atoms with E-state index in [2.05, 4.69) is 28.2 Å². The normalized spacial score (nSPS) is 10.4. The van der Waals surface area contributed by atoms with Gasteiger partial charge in [0.15, 0.2) is 0 Å². The molecule has 3 aromatic rings. The van der Waals surface area contributed by atoms with Gasteiger partial charge in [0.05, 0.1) is 18.2 Å². The zero-order chi connectivity index (χ0) is 12.4. The van der Waals surface area contributed by atoms with Crippen LogP contribution in [0.15, 0.2) is 48.7 Å². The summed E-state index contributed by atoms with van der Waals surface area (Å²) in [5.74, 6) is 0. The summed E-state index contributed by atoms with van der Waals surface area (Å²) >= 11 is 0. The maximum Gasteiger partial charge on any atom is 0.138 e. The monoisotopic (exact) mass is 233 g/mol. The Morgan fingerprint density at radius 2 is 1.94 bits per heavy atom. The molecule has 3 heteroatoms. The van der Waals surface area contributed by atoms with Gasteiger partial charge >= 0.3 is 0 Å². The van der Waals surface area contributed by atoms with Crippen LogP contribution in [0.25, 0.3) is 22.2 Å². The minimum atomic E-state index is 0.343. The highest BCUT2D eigenvalue weighted by Gasteiger charge is 2.07. The fraction of sp³-hybridized carbons (Fsp3) is 0.0667. The lowest BCUT2D eigenvalue weighted by atomic mass is 10.1. The fourth-order valence-electron chi connectivity index (χ4n) is 2.08. The van der Waals surface area contributed by atoms with Crippen molar-refractivity contribution in [1.29, 1.82) is 5.26 Å². The van der Waals surface area contributed by atoms with Crippen LogP contribution in [0.3, 0.4) is 0 Å². The Labute approximate surface area is 105 Å². The third kappa shape index (κ3) is 1.74. The highest BCUT2D eigenvalue weighted by molar-refractivity contribution is 5.93. The van der Waals surface area contributed by atoms with E-state index in [-0.39, 0.29) is 0 Å². The van der Waals surface area contributed by atoms with E-state index >= 15 is 0 Å². The molecule has 0 aliphatic rings. The highest BCUT2D eigenvalue weighted by Crippen LogP contribution is 2.27. The number of nitriles is 1. The van der Waals surface area contributed by atoms with Crippen LogP contribution in [0.2, 0.25) is 0 Å². The van der Waals surface area contributed by atoms with Gasteiger partial charge in [-0.3, -0.25) is 0 Å². The third-order valence-electron chi connectivity index (χ3n) is 2.94.